The first-order chi connectivity index (χ1) is 13.5. The number of benzene rings is 2. The number of nitrogens with zero attached hydrogens (tertiary/aromatic N) is 1. The lowest BCUT2D eigenvalue weighted by atomic mass is 10.0. The van der Waals surface area contributed by atoms with E-state index in [1.807, 2.05) is 0 Å². The molecule has 0 bridgehead atoms. The highest BCUT2D eigenvalue weighted by Gasteiger charge is 2.24. The van der Waals surface area contributed by atoms with Crippen molar-refractivity contribution in [1.82, 2.24) is 10.2 Å². The van der Waals surface area contributed by atoms with Crippen LogP contribution in [-0.2, 0) is 9.53 Å². The van der Waals surface area contributed by atoms with E-state index in [0.717, 1.165) is 18.7 Å². The van der Waals surface area contributed by atoms with Crippen molar-refractivity contribution in [2.75, 3.05) is 32.8 Å². The van der Waals surface area contributed by atoms with Gasteiger partial charge in [-0.3, -0.25) is 9.69 Å². The summed E-state index contributed by atoms with van der Waals surface area (Å²) in [6.45, 7) is 4.88. The van der Waals surface area contributed by atoms with Gasteiger partial charge in [0.15, 0.2) is 6.10 Å². The maximum atomic E-state index is 13.3. The first-order valence-electron chi connectivity index (χ1n) is 9.30. The second-order valence-electron chi connectivity index (χ2n) is 6.68. The molecular weight excluding hydrogens is 383 g/mol. The molecule has 0 spiro atoms. The number of hydrogen-bond acceptors (Lipinski definition) is 4. The minimum atomic E-state index is -0.669. The van der Waals surface area contributed by atoms with Crippen molar-refractivity contribution in [2.45, 2.75) is 19.1 Å². The van der Waals surface area contributed by atoms with Crippen LogP contribution < -0.4 is 10.1 Å². The van der Waals surface area contributed by atoms with Gasteiger partial charge in [0.05, 0.1) is 19.3 Å². The van der Waals surface area contributed by atoms with E-state index in [1.165, 1.54) is 12.1 Å². The third-order valence-electron chi connectivity index (χ3n) is 4.69. The van der Waals surface area contributed by atoms with E-state index in [-0.39, 0.29) is 17.8 Å². The lowest BCUT2D eigenvalue weighted by Gasteiger charge is -2.35. The minimum absolute atomic E-state index is 0.0631. The summed E-state index contributed by atoms with van der Waals surface area (Å²) in [4.78, 5) is 14.8. The highest BCUT2D eigenvalue weighted by atomic mass is 35.5. The predicted molar refractivity (Wildman–Crippen MR) is 106 cm³/mol. The maximum absolute atomic E-state index is 13.3. The van der Waals surface area contributed by atoms with Crippen molar-refractivity contribution in [3.05, 3.63) is 64.9 Å². The number of halogens is 2. The predicted octanol–water partition coefficient (Wildman–Crippen LogP) is 3.44. The Bertz CT molecular complexity index is 781. The summed E-state index contributed by atoms with van der Waals surface area (Å²) in [6.07, 6.45) is -0.669. The summed E-state index contributed by atoms with van der Waals surface area (Å²) in [5.74, 6) is 0.0378. The summed E-state index contributed by atoms with van der Waals surface area (Å²) in [6, 6.07) is 13.3. The molecule has 28 heavy (non-hydrogen) atoms. The second kappa shape index (κ2) is 9.87. The fourth-order valence-corrected chi connectivity index (χ4v) is 3.35. The number of nitrogens with one attached hydrogen (secondary N) is 1. The molecular formula is C21H24ClFN2O3. The van der Waals surface area contributed by atoms with Crippen LogP contribution in [0.4, 0.5) is 4.39 Å². The third-order valence-corrected chi connectivity index (χ3v) is 4.92. The van der Waals surface area contributed by atoms with Crippen molar-refractivity contribution >= 4 is 17.5 Å². The molecule has 150 valence electrons. The Balaban J connectivity index is 1.63. The Morgan fingerprint density at radius 3 is 2.64 bits per heavy atom. The zero-order chi connectivity index (χ0) is 19.9. The third kappa shape index (κ3) is 5.67. The fraction of sp³-hybridized carbons (Fsp3) is 0.381. The van der Waals surface area contributed by atoms with Gasteiger partial charge in [-0.05, 0) is 42.8 Å². The van der Waals surface area contributed by atoms with E-state index in [1.54, 1.807) is 43.3 Å². The van der Waals surface area contributed by atoms with E-state index in [4.69, 9.17) is 21.1 Å². The van der Waals surface area contributed by atoms with Gasteiger partial charge in [0, 0.05) is 24.7 Å². The quantitative estimate of drug-likeness (QED) is 0.765. The molecule has 1 aliphatic rings. The summed E-state index contributed by atoms with van der Waals surface area (Å²) in [5.41, 5.74) is 0.951. The zero-order valence-corrected chi connectivity index (χ0v) is 16.5. The van der Waals surface area contributed by atoms with E-state index in [0.29, 0.717) is 30.5 Å². The van der Waals surface area contributed by atoms with Gasteiger partial charge in [0.1, 0.15) is 11.6 Å². The molecule has 0 aliphatic carbocycles. The van der Waals surface area contributed by atoms with Crippen LogP contribution in [0.3, 0.4) is 0 Å². The van der Waals surface area contributed by atoms with E-state index in [2.05, 4.69) is 10.2 Å². The summed E-state index contributed by atoms with van der Waals surface area (Å²) < 4.78 is 24.4. The van der Waals surface area contributed by atoms with Crippen LogP contribution in [0.5, 0.6) is 5.75 Å². The number of rotatable bonds is 7. The summed E-state index contributed by atoms with van der Waals surface area (Å²) >= 11 is 5.95. The Kier molecular flexibility index (Phi) is 7.25. The van der Waals surface area contributed by atoms with Gasteiger partial charge in [-0.1, -0.05) is 29.8 Å². The van der Waals surface area contributed by atoms with Crippen LogP contribution >= 0.6 is 11.6 Å². The minimum Gasteiger partial charge on any atom is -0.481 e. The first kappa shape index (κ1) is 20.6. The van der Waals surface area contributed by atoms with Gasteiger partial charge in [0.25, 0.3) is 5.91 Å². The van der Waals surface area contributed by atoms with Gasteiger partial charge in [0.2, 0.25) is 0 Å². The normalized spacial score (nSPS) is 17.0. The standard InChI is InChI=1S/C21H24ClFN2O3/c1-15(28-19-4-2-3-17(22)13-19)21(26)24-14-20(25-9-11-27-12-10-25)16-5-7-18(23)8-6-16/h2-8,13,15,20H,9-12,14H2,1H3,(H,24,26). The zero-order valence-electron chi connectivity index (χ0n) is 15.7. The molecule has 1 saturated heterocycles. The molecule has 2 atom stereocenters. The van der Waals surface area contributed by atoms with Crippen molar-refractivity contribution < 1.29 is 18.7 Å². The topological polar surface area (TPSA) is 50.8 Å². The Morgan fingerprint density at radius 1 is 1.25 bits per heavy atom. The van der Waals surface area contributed by atoms with E-state index in [9.17, 15) is 9.18 Å². The Labute approximate surface area is 169 Å². The number of morpholine rings is 1. The highest BCUT2D eigenvalue weighted by molar-refractivity contribution is 6.30. The number of carbonyl (C=O) groups excluding carboxylic acids is 1. The summed E-state index contributed by atoms with van der Waals surface area (Å²) in [7, 11) is 0. The highest BCUT2D eigenvalue weighted by Crippen LogP contribution is 2.22. The molecule has 1 N–H and O–H groups in total. The molecule has 1 heterocycles. The van der Waals surface area contributed by atoms with Crippen molar-refractivity contribution in [1.29, 1.82) is 0 Å². The van der Waals surface area contributed by atoms with Gasteiger partial charge >= 0.3 is 0 Å². The number of carbonyl (C=O) groups is 1. The smallest absolute Gasteiger partial charge is 0.260 e. The SMILES string of the molecule is CC(Oc1cccc(Cl)c1)C(=O)NCC(c1ccc(F)cc1)N1CCOCC1. The number of amides is 1. The van der Waals surface area contributed by atoms with Gasteiger partial charge in [-0.2, -0.15) is 0 Å². The van der Waals surface area contributed by atoms with Crippen LogP contribution in [0.25, 0.3) is 0 Å². The van der Waals surface area contributed by atoms with E-state index >= 15 is 0 Å². The fourth-order valence-electron chi connectivity index (χ4n) is 3.17. The molecule has 7 heteroatoms. The van der Waals surface area contributed by atoms with Crippen LogP contribution in [0.1, 0.15) is 18.5 Å². The molecule has 3 rings (SSSR count). The van der Waals surface area contributed by atoms with Gasteiger partial charge < -0.3 is 14.8 Å². The van der Waals surface area contributed by atoms with Crippen molar-refractivity contribution in [3.8, 4) is 5.75 Å². The molecule has 2 unspecified atom stereocenters. The van der Waals surface area contributed by atoms with Crippen LogP contribution in [0.15, 0.2) is 48.5 Å². The van der Waals surface area contributed by atoms with Gasteiger partial charge in [-0.25, -0.2) is 4.39 Å². The van der Waals surface area contributed by atoms with Crippen molar-refractivity contribution in [2.24, 2.45) is 0 Å². The van der Waals surface area contributed by atoms with Crippen LogP contribution in [0.2, 0.25) is 5.02 Å². The molecule has 5 nitrogen and oxygen atoms in total. The average molecular weight is 407 g/mol. The monoisotopic (exact) mass is 406 g/mol. The second-order valence-corrected chi connectivity index (χ2v) is 7.11. The van der Waals surface area contributed by atoms with Crippen LogP contribution in [-0.4, -0.2) is 49.8 Å². The largest absolute Gasteiger partial charge is 0.481 e. The number of hydrogen-bond donors (Lipinski definition) is 1. The first-order valence-corrected chi connectivity index (χ1v) is 9.68. The average Bonchev–Trinajstić information content (AvgIpc) is 2.70. The molecule has 2 aromatic rings. The molecule has 1 aliphatic heterocycles. The van der Waals surface area contributed by atoms with Crippen LogP contribution in [0, 0.1) is 5.82 Å². The molecule has 0 radical (unpaired) electrons. The van der Waals surface area contributed by atoms with Gasteiger partial charge in [-0.15, -0.1) is 0 Å². The van der Waals surface area contributed by atoms with E-state index < -0.39 is 6.10 Å². The molecule has 2 aromatic carbocycles. The molecule has 0 aromatic heterocycles. The molecule has 1 amide bonds. The lowest BCUT2D eigenvalue weighted by Crippen LogP contribution is -2.45. The lowest BCUT2D eigenvalue weighted by molar-refractivity contribution is -0.127. The van der Waals surface area contributed by atoms with Crippen molar-refractivity contribution in [3.63, 3.8) is 0 Å². The Morgan fingerprint density at radius 2 is 1.96 bits per heavy atom. The molecule has 1 fully saturated rings. The maximum Gasteiger partial charge on any atom is 0.260 e. The summed E-state index contributed by atoms with van der Waals surface area (Å²) in [5, 5.41) is 3.50. The Hall–Kier alpha value is -2.15. The number of ether oxygens (including phenoxy) is 2. The molecule has 0 saturated carbocycles.